The Balaban J connectivity index is 2.09. The number of hydrogen-bond acceptors (Lipinski definition) is 2. The summed E-state index contributed by atoms with van der Waals surface area (Å²) >= 11 is 6.10. The summed E-state index contributed by atoms with van der Waals surface area (Å²) in [5.41, 5.74) is 3.95. The third-order valence-electron chi connectivity index (χ3n) is 3.56. The van der Waals surface area contributed by atoms with E-state index in [0.29, 0.717) is 6.04 Å². The first-order chi connectivity index (χ1) is 8.65. The number of hydrogen-bond donors (Lipinski definition) is 2. The van der Waals surface area contributed by atoms with E-state index in [4.69, 9.17) is 11.6 Å². The number of fused-ring (bicyclic) bond motifs is 3. The molecule has 1 aliphatic heterocycles. The van der Waals surface area contributed by atoms with Crippen molar-refractivity contribution in [2.75, 3.05) is 27.2 Å². The average molecular weight is 264 g/mol. The fraction of sp³-hybridized carbons (Fsp3) is 0.429. The van der Waals surface area contributed by atoms with Gasteiger partial charge in [0.15, 0.2) is 0 Å². The minimum absolute atomic E-state index is 0.384. The van der Waals surface area contributed by atoms with Crippen LogP contribution in [0.2, 0.25) is 5.02 Å². The first-order valence-electron chi connectivity index (χ1n) is 6.33. The van der Waals surface area contributed by atoms with Crippen LogP contribution in [0.5, 0.6) is 0 Å². The van der Waals surface area contributed by atoms with Crippen LogP contribution in [-0.2, 0) is 6.42 Å². The minimum atomic E-state index is 0.384. The van der Waals surface area contributed by atoms with Crippen LogP contribution >= 0.6 is 11.6 Å². The molecule has 2 heterocycles. The van der Waals surface area contributed by atoms with E-state index < -0.39 is 0 Å². The normalized spacial score (nSPS) is 19.4. The smallest absolute Gasteiger partial charge is 0.0605 e. The number of H-pyrrole nitrogens is 1. The summed E-state index contributed by atoms with van der Waals surface area (Å²) in [5.74, 6) is 0. The number of benzene rings is 1. The molecule has 4 heteroatoms. The van der Waals surface area contributed by atoms with Crippen LogP contribution in [0.1, 0.15) is 17.3 Å². The molecule has 0 spiro atoms. The summed E-state index contributed by atoms with van der Waals surface area (Å²) in [7, 11) is 4.21. The van der Waals surface area contributed by atoms with Crippen molar-refractivity contribution in [3.05, 3.63) is 34.5 Å². The van der Waals surface area contributed by atoms with E-state index in [-0.39, 0.29) is 0 Å². The molecular weight excluding hydrogens is 246 g/mol. The maximum Gasteiger partial charge on any atom is 0.0605 e. The lowest BCUT2D eigenvalue weighted by molar-refractivity contribution is 0.331. The van der Waals surface area contributed by atoms with Crippen LogP contribution in [0.4, 0.5) is 0 Å². The van der Waals surface area contributed by atoms with Crippen LogP contribution in [-0.4, -0.2) is 37.1 Å². The predicted octanol–water partition coefficient (Wildman–Crippen LogP) is 2.57. The van der Waals surface area contributed by atoms with E-state index in [0.717, 1.165) is 24.5 Å². The zero-order valence-electron chi connectivity index (χ0n) is 10.8. The first-order valence-corrected chi connectivity index (χ1v) is 6.71. The highest BCUT2D eigenvalue weighted by molar-refractivity contribution is 6.31. The predicted molar refractivity (Wildman–Crippen MR) is 76.3 cm³/mol. The quantitative estimate of drug-likeness (QED) is 0.873. The zero-order valence-corrected chi connectivity index (χ0v) is 11.5. The van der Waals surface area contributed by atoms with Crippen LogP contribution in [0.3, 0.4) is 0 Å². The van der Waals surface area contributed by atoms with E-state index in [1.165, 1.54) is 22.2 Å². The summed E-state index contributed by atoms with van der Waals surface area (Å²) in [4.78, 5) is 5.76. The molecule has 1 unspecified atom stereocenters. The summed E-state index contributed by atoms with van der Waals surface area (Å²) in [5, 5.41) is 5.67. The molecule has 2 N–H and O–H groups in total. The second kappa shape index (κ2) is 4.57. The van der Waals surface area contributed by atoms with Crippen LogP contribution < -0.4 is 5.32 Å². The van der Waals surface area contributed by atoms with Gasteiger partial charge < -0.3 is 15.2 Å². The molecular formula is C14H18ClN3. The molecule has 1 aliphatic rings. The maximum atomic E-state index is 6.10. The van der Waals surface area contributed by atoms with Gasteiger partial charge in [0.1, 0.15) is 0 Å². The van der Waals surface area contributed by atoms with Crippen molar-refractivity contribution in [1.29, 1.82) is 0 Å². The SMILES string of the molecule is CN(C)CC1NCCc2c1[nH]c1ccc(Cl)cc21. The highest BCUT2D eigenvalue weighted by atomic mass is 35.5. The van der Waals surface area contributed by atoms with Gasteiger partial charge in [0, 0.05) is 28.2 Å². The number of aromatic amines is 1. The van der Waals surface area contributed by atoms with E-state index >= 15 is 0 Å². The Hall–Kier alpha value is -1.03. The van der Waals surface area contributed by atoms with Crippen molar-refractivity contribution in [3.63, 3.8) is 0 Å². The van der Waals surface area contributed by atoms with Crippen molar-refractivity contribution in [2.45, 2.75) is 12.5 Å². The number of aromatic nitrogens is 1. The molecule has 2 aromatic rings. The highest BCUT2D eigenvalue weighted by Gasteiger charge is 2.24. The van der Waals surface area contributed by atoms with E-state index in [2.05, 4.69) is 41.4 Å². The molecule has 0 radical (unpaired) electrons. The molecule has 3 rings (SSSR count). The van der Waals surface area contributed by atoms with E-state index in [9.17, 15) is 0 Å². The zero-order chi connectivity index (χ0) is 12.7. The van der Waals surface area contributed by atoms with Crippen LogP contribution in [0.15, 0.2) is 18.2 Å². The molecule has 1 aromatic carbocycles. The van der Waals surface area contributed by atoms with Crippen molar-refractivity contribution in [1.82, 2.24) is 15.2 Å². The summed E-state index contributed by atoms with van der Waals surface area (Å²) < 4.78 is 0. The molecule has 1 atom stereocenters. The third-order valence-corrected chi connectivity index (χ3v) is 3.80. The number of rotatable bonds is 2. The average Bonchev–Trinajstić information content (AvgIpc) is 2.68. The maximum absolute atomic E-state index is 6.10. The van der Waals surface area contributed by atoms with Gasteiger partial charge in [-0.15, -0.1) is 0 Å². The van der Waals surface area contributed by atoms with Gasteiger partial charge in [-0.3, -0.25) is 0 Å². The molecule has 96 valence electrons. The molecule has 0 bridgehead atoms. The standard InChI is InChI=1S/C14H18ClN3/c1-18(2)8-13-14-10(5-6-16-13)11-7-9(15)3-4-12(11)17-14/h3-4,7,13,16-17H,5-6,8H2,1-2H3. The van der Waals surface area contributed by atoms with E-state index in [1.807, 2.05) is 6.07 Å². The van der Waals surface area contributed by atoms with Crippen molar-refractivity contribution >= 4 is 22.5 Å². The third kappa shape index (κ3) is 2.03. The second-order valence-corrected chi connectivity index (χ2v) is 5.66. The van der Waals surface area contributed by atoms with Gasteiger partial charge in [-0.2, -0.15) is 0 Å². The van der Waals surface area contributed by atoms with Gasteiger partial charge in [0.05, 0.1) is 6.04 Å². The van der Waals surface area contributed by atoms with Crippen LogP contribution in [0, 0.1) is 0 Å². The highest BCUT2D eigenvalue weighted by Crippen LogP contribution is 2.31. The molecule has 1 aromatic heterocycles. The molecule has 3 nitrogen and oxygen atoms in total. The number of likely N-dealkylation sites (N-methyl/N-ethyl adjacent to an activating group) is 1. The van der Waals surface area contributed by atoms with Crippen LogP contribution in [0.25, 0.3) is 10.9 Å². The topological polar surface area (TPSA) is 31.1 Å². The van der Waals surface area contributed by atoms with Gasteiger partial charge in [0.2, 0.25) is 0 Å². The Bertz CT molecular complexity index is 574. The summed E-state index contributed by atoms with van der Waals surface area (Å²) in [6, 6.07) is 6.47. The Morgan fingerprint density at radius 2 is 2.22 bits per heavy atom. The number of nitrogens with zero attached hydrogens (tertiary/aromatic N) is 1. The lowest BCUT2D eigenvalue weighted by atomic mass is 9.99. The second-order valence-electron chi connectivity index (χ2n) is 5.23. The molecule has 0 amide bonds. The lowest BCUT2D eigenvalue weighted by Crippen LogP contribution is -2.36. The molecule has 0 fully saturated rings. The van der Waals surface area contributed by atoms with Crippen molar-refractivity contribution in [2.24, 2.45) is 0 Å². The number of nitrogens with one attached hydrogen (secondary N) is 2. The Labute approximate surface area is 112 Å². The Morgan fingerprint density at radius 1 is 1.39 bits per heavy atom. The monoisotopic (exact) mass is 263 g/mol. The lowest BCUT2D eigenvalue weighted by Gasteiger charge is -2.26. The Kier molecular flexibility index (Phi) is 3.06. The van der Waals surface area contributed by atoms with Gasteiger partial charge in [-0.1, -0.05) is 11.6 Å². The summed E-state index contributed by atoms with van der Waals surface area (Å²) in [6.07, 6.45) is 1.07. The fourth-order valence-corrected chi connectivity index (χ4v) is 2.97. The van der Waals surface area contributed by atoms with Crippen molar-refractivity contribution in [3.8, 4) is 0 Å². The number of halogens is 1. The molecule has 0 aliphatic carbocycles. The van der Waals surface area contributed by atoms with Gasteiger partial charge in [-0.25, -0.2) is 0 Å². The molecule has 0 saturated heterocycles. The van der Waals surface area contributed by atoms with Gasteiger partial charge in [-0.05, 0) is 50.8 Å². The molecule has 18 heavy (non-hydrogen) atoms. The van der Waals surface area contributed by atoms with Gasteiger partial charge >= 0.3 is 0 Å². The minimum Gasteiger partial charge on any atom is -0.357 e. The first kappa shape index (κ1) is 12.0. The largest absolute Gasteiger partial charge is 0.357 e. The van der Waals surface area contributed by atoms with E-state index in [1.54, 1.807) is 0 Å². The van der Waals surface area contributed by atoms with Gasteiger partial charge in [0.25, 0.3) is 0 Å². The molecule has 0 saturated carbocycles. The fourth-order valence-electron chi connectivity index (χ4n) is 2.80. The Morgan fingerprint density at radius 3 is 3.00 bits per heavy atom. The van der Waals surface area contributed by atoms with Crippen molar-refractivity contribution < 1.29 is 0 Å². The summed E-state index contributed by atoms with van der Waals surface area (Å²) in [6.45, 7) is 2.04.